The van der Waals surface area contributed by atoms with Crippen LogP contribution in [0.15, 0.2) is 11.5 Å². The zero-order valence-corrected chi connectivity index (χ0v) is 16.6. The number of hydrogen-bond acceptors (Lipinski definition) is 9. The van der Waals surface area contributed by atoms with Gasteiger partial charge in [-0.25, -0.2) is 13.2 Å². The van der Waals surface area contributed by atoms with E-state index in [0.717, 1.165) is 0 Å². The van der Waals surface area contributed by atoms with Gasteiger partial charge in [0.25, 0.3) is 10.4 Å². The summed E-state index contributed by atoms with van der Waals surface area (Å²) in [7, 11) is -5.28. The zero-order valence-electron chi connectivity index (χ0n) is 9.52. The van der Waals surface area contributed by atoms with E-state index in [1.54, 1.807) is 0 Å². The minimum Gasteiger partial charge on any atom is -0.870 e. The van der Waals surface area contributed by atoms with Crippen molar-refractivity contribution in [3.05, 3.63) is 11.5 Å². The Morgan fingerprint density at radius 1 is 1.44 bits per heavy atom. The van der Waals surface area contributed by atoms with Crippen LogP contribution in [0.1, 0.15) is 0 Å². The van der Waals surface area contributed by atoms with E-state index in [-0.39, 0.29) is 103 Å². The second kappa shape index (κ2) is 9.04. The van der Waals surface area contributed by atoms with Crippen molar-refractivity contribution >= 4 is 16.4 Å². The molecule has 0 spiro atoms. The first-order valence-electron chi connectivity index (χ1n) is 3.82. The largest absolute Gasteiger partial charge is 1.00 e. The fraction of sp³-hybridized carbons (Fsp3) is 0.500. The van der Waals surface area contributed by atoms with Crippen LogP contribution in [-0.2, 0) is 24.1 Å². The van der Waals surface area contributed by atoms with E-state index in [4.69, 9.17) is 10.2 Å². The van der Waals surface area contributed by atoms with E-state index >= 15 is 0 Å². The summed E-state index contributed by atoms with van der Waals surface area (Å²) >= 11 is 0. The molecule has 0 unspecified atom stereocenters. The molecular weight excluding hydrogens is 326 g/mol. The van der Waals surface area contributed by atoms with Gasteiger partial charge in [0.1, 0.15) is 12.2 Å². The predicted octanol–water partition coefficient (Wildman–Crippen LogP) is -9.68. The van der Waals surface area contributed by atoms with Crippen LogP contribution in [0, 0.1) is 0 Å². The van der Waals surface area contributed by atoms with Crippen molar-refractivity contribution in [1.82, 2.24) is 0 Å². The summed E-state index contributed by atoms with van der Waals surface area (Å²) < 4.78 is 38.2. The van der Waals surface area contributed by atoms with Gasteiger partial charge in [-0.15, -0.1) is 0 Å². The van der Waals surface area contributed by atoms with Gasteiger partial charge in [-0.05, 0) is 5.76 Å². The monoisotopic (exact) mass is 332 g/mol. The van der Waals surface area contributed by atoms with E-state index in [1.807, 2.05) is 0 Å². The molecule has 18 heavy (non-hydrogen) atoms. The summed E-state index contributed by atoms with van der Waals surface area (Å²) in [6.45, 7) is -0.888. The van der Waals surface area contributed by atoms with Gasteiger partial charge in [-0.1, -0.05) is 0 Å². The molecule has 1 rings (SSSR count). The van der Waals surface area contributed by atoms with Gasteiger partial charge >= 0.3 is 109 Å². The van der Waals surface area contributed by atoms with E-state index < -0.39 is 46.7 Å². The molecule has 0 aliphatic carbocycles. The molecule has 0 saturated carbocycles. The molecule has 0 bridgehead atoms. The Kier molecular flexibility index (Phi) is 11.1. The Bertz CT molecular complexity index is 430. The second-order valence-electron chi connectivity index (χ2n) is 2.76. The Labute approximate surface area is 187 Å². The molecule has 1 aliphatic rings. The molecule has 0 fully saturated rings. The molecule has 92 valence electrons. The van der Waals surface area contributed by atoms with Crippen molar-refractivity contribution in [3.63, 3.8) is 0 Å². The van der Waals surface area contributed by atoms with Gasteiger partial charge in [-0.2, -0.15) is 0 Å². The molecule has 12 heteroatoms. The van der Waals surface area contributed by atoms with Crippen LogP contribution in [0.5, 0.6) is 0 Å². The molecule has 0 amide bonds. The number of hydrogen-bond donors (Lipinski definition) is 2. The molecule has 0 aromatic rings. The Balaban J connectivity index is 0. The van der Waals surface area contributed by atoms with Gasteiger partial charge in [0, 0.05) is 0 Å². The van der Waals surface area contributed by atoms with Gasteiger partial charge in [0.05, 0.1) is 6.61 Å². The molecule has 1 heterocycles. The topological polar surface area (TPSA) is 156 Å². The molecule has 0 aromatic heterocycles. The zero-order chi connectivity index (χ0) is 12.5. The smallest absolute Gasteiger partial charge is 0.870 e. The number of aliphatic hydroxyl groups excluding tert-OH is 2. The maximum absolute atomic E-state index is 11.2. The molecule has 1 aliphatic heterocycles. The third kappa shape index (κ3) is 6.13. The third-order valence-electron chi connectivity index (χ3n) is 1.62. The average Bonchev–Trinajstić information content (AvgIpc) is 2.42. The van der Waals surface area contributed by atoms with Crippen LogP contribution < -0.4 is 108 Å². The summed E-state index contributed by atoms with van der Waals surface area (Å²) in [6, 6.07) is 0. The van der Waals surface area contributed by atoms with Gasteiger partial charge < -0.3 is 28.8 Å². The van der Waals surface area contributed by atoms with Crippen molar-refractivity contribution in [2.75, 3.05) is 6.61 Å². The van der Waals surface area contributed by atoms with Crippen molar-refractivity contribution in [2.45, 2.75) is 12.2 Å². The van der Waals surface area contributed by atoms with E-state index in [2.05, 4.69) is 8.92 Å². The molecule has 0 saturated heterocycles. The van der Waals surface area contributed by atoms with Crippen LogP contribution in [0.4, 0.5) is 0 Å². The van der Waals surface area contributed by atoms with Gasteiger partial charge in [0.2, 0.25) is 5.76 Å². The number of ether oxygens (including phenoxy) is 1. The van der Waals surface area contributed by atoms with Gasteiger partial charge in [-0.3, -0.25) is 0 Å². The summed E-state index contributed by atoms with van der Waals surface area (Å²) in [5.41, 5.74) is 0. The number of aliphatic hydroxyl groups is 2. The number of carbonyl (C=O) groups is 1. The Hall–Kier alpha value is 1.91. The van der Waals surface area contributed by atoms with Crippen molar-refractivity contribution < 1.29 is 145 Å². The number of esters is 1. The molecule has 2 N–H and O–H groups in total. The van der Waals surface area contributed by atoms with Crippen LogP contribution in [0.3, 0.4) is 0 Å². The van der Waals surface area contributed by atoms with E-state index in [0.29, 0.717) is 0 Å². The SMILES string of the molecule is O=C1O[C@H]([C@@H](O)CO)C([O-])=C1OS(=O)(=O)[O-].[K+].[K+]. The van der Waals surface area contributed by atoms with Crippen LogP contribution in [0.25, 0.3) is 0 Å². The summed E-state index contributed by atoms with van der Waals surface area (Å²) in [5, 5.41) is 28.7. The van der Waals surface area contributed by atoms with Gasteiger partial charge in [0.15, 0.2) is 0 Å². The number of carbonyl (C=O) groups excluding carboxylic acids is 1. The standard InChI is InChI=1S/C6H8O9S.2K/c7-1-2(8)4-3(9)5(6(10)14-4)15-16(11,12)13;;/h2,4,7-9H,1H2,(H,11,12,13);;/q;2*+1/p-2/t2-,4+;;/m0../s1. The average molecular weight is 332 g/mol. The molecule has 2 atom stereocenters. The fourth-order valence-electron chi connectivity index (χ4n) is 0.978. The molecule has 0 radical (unpaired) electrons. The Morgan fingerprint density at radius 3 is 2.33 bits per heavy atom. The Morgan fingerprint density at radius 2 is 1.94 bits per heavy atom. The van der Waals surface area contributed by atoms with E-state index in [9.17, 15) is 22.9 Å². The fourth-order valence-corrected chi connectivity index (χ4v) is 1.33. The molecule has 9 nitrogen and oxygen atoms in total. The summed E-state index contributed by atoms with van der Waals surface area (Å²) in [6.07, 6.45) is -3.49. The van der Waals surface area contributed by atoms with Crippen molar-refractivity contribution in [2.24, 2.45) is 0 Å². The van der Waals surface area contributed by atoms with Crippen molar-refractivity contribution in [1.29, 1.82) is 0 Å². The maximum Gasteiger partial charge on any atom is 1.00 e. The van der Waals surface area contributed by atoms with Crippen LogP contribution >= 0.6 is 0 Å². The minimum absolute atomic E-state index is 0. The molecule has 0 aromatic carbocycles. The summed E-state index contributed by atoms with van der Waals surface area (Å²) in [5.74, 6) is -4.12. The first-order valence-corrected chi connectivity index (χ1v) is 5.16. The van der Waals surface area contributed by atoms with Crippen molar-refractivity contribution in [3.8, 4) is 0 Å². The third-order valence-corrected chi connectivity index (χ3v) is 1.99. The first kappa shape index (κ1) is 22.2. The normalized spacial score (nSPS) is 20.6. The minimum atomic E-state index is -5.28. The second-order valence-corrected chi connectivity index (χ2v) is 3.74. The number of rotatable bonds is 4. The maximum atomic E-state index is 11.2. The van der Waals surface area contributed by atoms with Crippen LogP contribution in [-0.4, -0.2) is 48.0 Å². The quantitative estimate of drug-likeness (QED) is 0.221. The first-order chi connectivity index (χ1) is 7.26. The number of cyclic esters (lactones) is 1. The molecular formula is C6H6K2O9S. The van der Waals surface area contributed by atoms with E-state index in [1.165, 1.54) is 0 Å². The van der Waals surface area contributed by atoms with Crippen LogP contribution in [0.2, 0.25) is 0 Å². The summed E-state index contributed by atoms with van der Waals surface area (Å²) in [4.78, 5) is 10.9. The predicted molar refractivity (Wildman–Crippen MR) is 40.8 cm³/mol.